The molecular formula is C17H28N2O. The third kappa shape index (κ3) is 4.30. The van der Waals surface area contributed by atoms with Crippen LogP contribution in [0.4, 0.5) is 0 Å². The first-order valence-electron chi connectivity index (χ1n) is 7.72. The van der Waals surface area contributed by atoms with Crippen LogP contribution in [-0.2, 0) is 11.2 Å². The Hall–Kier alpha value is -0.900. The third-order valence-corrected chi connectivity index (χ3v) is 3.99. The Bertz CT molecular complexity index is 402. The summed E-state index contributed by atoms with van der Waals surface area (Å²) in [5.41, 5.74) is 8.99. The number of nitrogens with two attached hydrogens (primary N) is 1. The molecule has 1 fully saturated rings. The zero-order valence-corrected chi connectivity index (χ0v) is 13.0. The van der Waals surface area contributed by atoms with E-state index in [1.807, 2.05) is 0 Å². The highest BCUT2D eigenvalue weighted by atomic mass is 16.5. The lowest BCUT2D eigenvalue weighted by atomic mass is 9.99. The highest BCUT2D eigenvalue weighted by molar-refractivity contribution is 5.25. The highest BCUT2D eigenvalue weighted by Gasteiger charge is 2.21. The molecule has 2 atom stereocenters. The molecular weight excluding hydrogens is 248 g/mol. The van der Waals surface area contributed by atoms with Gasteiger partial charge in [-0.3, -0.25) is 4.90 Å². The van der Waals surface area contributed by atoms with Gasteiger partial charge < -0.3 is 10.5 Å². The van der Waals surface area contributed by atoms with E-state index in [-0.39, 0.29) is 6.04 Å². The molecule has 0 spiro atoms. The fraction of sp³-hybridized carbons (Fsp3) is 0.647. The zero-order chi connectivity index (χ0) is 14.5. The second kappa shape index (κ2) is 7.21. The van der Waals surface area contributed by atoms with Crippen LogP contribution in [0, 0.1) is 5.92 Å². The van der Waals surface area contributed by atoms with E-state index in [0.717, 1.165) is 32.7 Å². The van der Waals surface area contributed by atoms with Crippen LogP contribution in [0.5, 0.6) is 0 Å². The normalized spacial score (nSPS) is 22.1. The van der Waals surface area contributed by atoms with Crippen LogP contribution in [0.1, 0.15) is 37.9 Å². The second-order valence-corrected chi connectivity index (χ2v) is 6.36. The molecule has 1 aromatic carbocycles. The molecule has 0 saturated carbocycles. The Balaban J connectivity index is 1.93. The van der Waals surface area contributed by atoms with Crippen molar-refractivity contribution < 1.29 is 4.74 Å². The molecule has 0 aliphatic carbocycles. The fourth-order valence-corrected chi connectivity index (χ4v) is 2.76. The Morgan fingerprint density at radius 2 is 2.00 bits per heavy atom. The average Bonchev–Trinajstić information content (AvgIpc) is 2.41. The summed E-state index contributed by atoms with van der Waals surface area (Å²) in [7, 11) is 0. The molecule has 2 N–H and O–H groups in total. The van der Waals surface area contributed by atoms with Crippen molar-refractivity contribution in [1.29, 1.82) is 0 Å². The molecule has 1 aromatic rings. The molecule has 1 saturated heterocycles. The number of benzene rings is 1. The lowest BCUT2D eigenvalue weighted by Gasteiger charge is -2.35. The molecule has 3 nitrogen and oxygen atoms in total. The maximum Gasteiger partial charge on any atom is 0.0619 e. The average molecular weight is 276 g/mol. The monoisotopic (exact) mass is 276 g/mol. The molecule has 1 aliphatic rings. The number of ether oxygens (including phenoxy) is 1. The first kappa shape index (κ1) is 15.5. The lowest BCUT2D eigenvalue weighted by Crippen LogP contribution is -2.46. The van der Waals surface area contributed by atoms with Gasteiger partial charge in [0.1, 0.15) is 0 Å². The third-order valence-electron chi connectivity index (χ3n) is 3.99. The van der Waals surface area contributed by atoms with Crippen molar-refractivity contribution in [1.82, 2.24) is 4.90 Å². The van der Waals surface area contributed by atoms with Gasteiger partial charge in [-0.15, -0.1) is 0 Å². The molecule has 0 radical (unpaired) electrons. The summed E-state index contributed by atoms with van der Waals surface area (Å²) >= 11 is 0. The number of hydrogen-bond acceptors (Lipinski definition) is 3. The number of hydrogen-bond donors (Lipinski definition) is 1. The quantitative estimate of drug-likeness (QED) is 0.898. The van der Waals surface area contributed by atoms with Gasteiger partial charge in [-0.2, -0.15) is 0 Å². The Kier molecular flexibility index (Phi) is 5.58. The van der Waals surface area contributed by atoms with Crippen molar-refractivity contribution in [2.75, 3.05) is 26.3 Å². The van der Waals surface area contributed by atoms with E-state index >= 15 is 0 Å². The number of morpholine rings is 1. The van der Waals surface area contributed by atoms with Crippen LogP contribution in [0.25, 0.3) is 0 Å². The predicted molar refractivity (Wildman–Crippen MR) is 83.8 cm³/mol. The summed E-state index contributed by atoms with van der Waals surface area (Å²) < 4.78 is 5.47. The summed E-state index contributed by atoms with van der Waals surface area (Å²) in [6.07, 6.45) is 1.13. The van der Waals surface area contributed by atoms with E-state index in [4.69, 9.17) is 10.5 Å². The minimum Gasteiger partial charge on any atom is -0.379 e. The van der Waals surface area contributed by atoms with Gasteiger partial charge in [0.05, 0.1) is 13.2 Å². The summed E-state index contributed by atoms with van der Waals surface area (Å²) in [4.78, 5) is 2.43. The molecule has 0 aromatic heterocycles. The Morgan fingerprint density at radius 3 is 2.60 bits per heavy atom. The molecule has 0 bridgehead atoms. The minimum absolute atomic E-state index is 0.0867. The maximum absolute atomic E-state index is 6.36. The van der Waals surface area contributed by atoms with Gasteiger partial charge >= 0.3 is 0 Å². The lowest BCUT2D eigenvalue weighted by molar-refractivity contribution is -0.00280. The van der Waals surface area contributed by atoms with Crippen molar-refractivity contribution in [2.45, 2.75) is 39.3 Å². The SMILES string of the molecule is CC(C)Cc1ccc(C(N)CN2CCOCC2C)cc1. The molecule has 1 heterocycles. The van der Waals surface area contributed by atoms with Gasteiger partial charge in [0.25, 0.3) is 0 Å². The highest BCUT2D eigenvalue weighted by Crippen LogP contribution is 2.17. The smallest absolute Gasteiger partial charge is 0.0619 e. The number of nitrogens with zero attached hydrogens (tertiary/aromatic N) is 1. The summed E-state index contributed by atoms with van der Waals surface area (Å²) in [6.45, 7) is 10.2. The van der Waals surface area contributed by atoms with Crippen LogP contribution >= 0.6 is 0 Å². The van der Waals surface area contributed by atoms with Crippen LogP contribution in [0.3, 0.4) is 0 Å². The van der Waals surface area contributed by atoms with E-state index in [1.54, 1.807) is 0 Å². The molecule has 112 valence electrons. The van der Waals surface area contributed by atoms with Crippen molar-refractivity contribution in [3.63, 3.8) is 0 Å². The zero-order valence-electron chi connectivity index (χ0n) is 13.0. The molecule has 3 heteroatoms. The topological polar surface area (TPSA) is 38.5 Å². The second-order valence-electron chi connectivity index (χ2n) is 6.36. The van der Waals surface area contributed by atoms with Crippen molar-refractivity contribution in [2.24, 2.45) is 11.7 Å². The van der Waals surface area contributed by atoms with E-state index in [9.17, 15) is 0 Å². The first-order valence-corrected chi connectivity index (χ1v) is 7.72. The van der Waals surface area contributed by atoms with Crippen LogP contribution in [0.15, 0.2) is 24.3 Å². The summed E-state index contributed by atoms with van der Waals surface area (Å²) in [6, 6.07) is 9.37. The maximum atomic E-state index is 6.36. The largest absolute Gasteiger partial charge is 0.379 e. The van der Waals surface area contributed by atoms with Gasteiger partial charge in [-0.25, -0.2) is 0 Å². The van der Waals surface area contributed by atoms with E-state index in [1.165, 1.54) is 11.1 Å². The van der Waals surface area contributed by atoms with E-state index < -0.39 is 0 Å². The van der Waals surface area contributed by atoms with Gasteiger partial charge in [0, 0.05) is 25.2 Å². The summed E-state index contributed by atoms with van der Waals surface area (Å²) in [5.74, 6) is 0.698. The molecule has 2 rings (SSSR count). The molecule has 20 heavy (non-hydrogen) atoms. The fourth-order valence-electron chi connectivity index (χ4n) is 2.76. The van der Waals surface area contributed by atoms with Crippen LogP contribution < -0.4 is 5.73 Å². The number of rotatable bonds is 5. The molecule has 1 aliphatic heterocycles. The van der Waals surface area contributed by atoms with Gasteiger partial charge in [0.15, 0.2) is 0 Å². The standard InChI is InChI=1S/C17H28N2O/c1-13(2)10-15-4-6-16(7-5-15)17(18)11-19-8-9-20-12-14(19)3/h4-7,13-14,17H,8-12,18H2,1-3H3. The van der Waals surface area contributed by atoms with Crippen molar-refractivity contribution in [3.05, 3.63) is 35.4 Å². The predicted octanol–water partition coefficient (Wildman–Crippen LogP) is 2.61. The minimum atomic E-state index is 0.0867. The van der Waals surface area contributed by atoms with Crippen LogP contribution in [-0.4, -0.2) is 37.2 Å². The van der Waals surface area contributed by atoms with Gasteiger partial charge in [-0.05, 0) is 30.4 Å². The molecule has 2 unspecified atom stereocenters. The molecule has 0 amide bonds. The first-order chi connectivity index (χ1) is 9.56. The Labute approximate surface area is 123 Å². The van der Waals surface area contributed by atoms with Crippen molar-refractivity contribution >= 4 is 0 Å². The van der Waals surface area contributed by atoms with E-state index in [2.05, 4.69) is 49.9 Å². The Morgan fingerprint density at radius 1 is 1.30 bits per heavy atom. The van der Waals surface area contributed by atoms with Gasteiger partial charge in [0.2, 0.25) is 0 Å². The van der Waals surface area contributed by atoms with Crippen LogP contribution in [0.2, 0.25) is 0 Å². The van der Waals surface area contributed by atoms with Crippen molar-refractivity contribution in [3.8, 4) is 0 Å². The van der Waals surface area contributed by atoms with Gasteiger partial charge in [-0.1, -0.05) is 38.1 Å². The van der Waals surface area contributed by atoms with E-state index in [0.29, 0.717) is 12.0 Å². The summed E-state index contributed by atoms with van der Waals surface area (Å²) in [5, 5.41) is 0.